The van der Waals surface area contributed by atoms with Gasteiger partial charge in [0.1, 0.15) is 0 Å². The average molecular weight is 369 g/mol. The molecule has 1 aromatic rings. The molecule has 7 nitrogen and oxygen atoms in total. The van der Waals surface area contributed by atoms with Crippen molar-refractivity contribution in [2.45, 2.75) is 38.8 Å². The van der Waals surface area contributed by atoms with Gasteiger partial charge in [-0.2, -0.15) is 0 Å². The molecule has 1 aliphatic rings. The number of carbonyl (C=O) groups is 3. The van der Waals surface area contributed by atoms with Crippen LogP contribution in [0.4, 0.5) is 5.69 Å². The van der Waals surface area contributed by atoms with Crippen LogP contribution in [-0.2, 0) is 9.59 Å². The molecule has 5 N–H and O–H groups in total. The van der Waals surface area contributed by atoms with Crippen molar-refractivity contribution >= 4 is 35.8 Å². The fourth-order valence-corrected chi connectivity index (χ4v) is 2.06. The highest BCUT2D eigenvalue weighted by Crippen LogP contribution is 2.21. The Labute approximate surface area is 153 Å². The van der Waals surface area contributed by atoms with Crippen LogP contribution in [0.15, 0.2) is 24.3 Å². The molecule has 0 heterocycles. The fraction of sp³-hybridized carbons (Fsp3) is 0.471. The fourth-order valence-electron chi connectivity index (χ4n) is 2.06. The molecule has 1 atom stereocenters. The Bertz CT molecular complexity index is 632. The van der Waals surface area contributed by atoms with E-state index in [9.17, 15) is 14.4 Å². The van der Waals surface area contributed by atoms with Crippen molar-refractivity contribution in [2.24, 2.45) is 11.7 Å². The van der Waals surface area contributed by atoms with E-state index in [2.05, 4.69) is 16.0 Å². The molecule has 1 aromatic carbocycles. The highest BCUT2D eigenvalue weighted by Gasteiger charge is 2.25. The van der Waals surface area contributed by atoms with Crippen molar-refractivity contribution in [2.75, 3.05) is 11.9 Å². The number of nitrogens with two attached hydrogens (primary N) is 1. The first kappa shape index (κ1) is 20.9. The quantitative estimate of drug-likeness (QED) is 0.575. The Morgan fingerprint density at radius 3 is 2.44 bits per heavy atom. The summed E-state index contributed by atoms with van der Waals surface area (Å²) in [6.07, 6.45) is 1.98. The molecule has 0 bridgehead atoms. The first-order chi connectivity index (χ1) is 11.4. The zero-order chi connectivity index (χ0) is 17.7. The molecule has 0 radical (unpaired) electrons. The van der Waals surface area contributed by atoms with Gasteiger partial charge in [0.25, 0.3) is 5.91 Å². The number of rotatable bonds is 7. The minimum atomic E-state index is -0.658. The van der Waals surface area contributed by atoms with Gasteiger partial charge in [-0.3, -0.25) is 14.4 Å². The van der Waals surface area contributed by atoms with Gasteiger partial charge < -0.3 is 21.7 Å². The van der Waals surface area contributed by atoms with Crippen LogP contribution in [0.3, 0.4) is 0 Å². The summed E-state index contributed by atoms with van der Waals surface area (Å²) in [7, 11) is 0. The summed E-state index contributed by atoms with van der Waals surface area (Å²) in [4.78, 5) is 36.0. The molecule has 0 aliphatic heterocycles. The molecule has 1 fully saturated rings. The third-order valence-corrected chi connectivity index (χ3v) is 3.80. The van der Waals surface area contributed by atoms with Gasteiger partial charge in [-0.15, -0.1) is 12.4 Å². The second-order valence-corrected chi connectivity index (χ2v) is 6.33. The average Bonchev–Trinajstić information content (AvgIpc) is 3.36. The van der Waals surface area contributed by atoms with E-state index in [-0.39, 0.29) is 42.7 Å². The van der Waals surface area contributed by atoms with E-state index >= 15 is 0 Å². The lowest BCUT2D eigenvalue weighted by atomic mass is 10.1. The number of carbonyl (C=O) groups excluding carboxylic acids is 3. The van der Waals surface area contributed by atoms with E-state index in [1.165, 1.54) is 0 Å². The van der Waals surface area contributed by atoms with Crippen molar-refractivity contribution in [3.05, 3.63) is 29.8 Å². The Balaban J connectivity index is 0.00000312. The molecule has 1 saturated carbocycles. The van der Waals surface area contributed by atoms with Crippen LogP contribution in [0.5, 0.6) is 0 Å². The molecule has 1 aliphatic carbocycles. The first-order valence-corrected chi connectivity index (χ1v) is 8.11. The monoisotopic (exact) mass is 368 g/mol. The summed E-state index contributed by atoms with van der Waals surface area (Å²) >= 11 is 0. The SMILES string of the molecule is CC(C)[C@H](N)C(=O)NCC(=O)Nc1ccccc1C(=O)NC1CC1.Cl. The van der Waals surface area contributed by atoms with E-state index in [0.717, 1.165) is 12.8 Å². The molecule has 8 heteroatoms. The number of para-hydroxylation sites is 1. The van der Waals surface area contributed by atoms with Gasteiger partial charge in [0.2, 0.25) is 11.8 Å². The van der Waals surface area contributed by atoms with E-state index in [0.29, 0.717) is 11.3 Å². The lowest BCUT2D eigenvalue weighted by molar-refractivity contribution is -0.125. The third kappa shape index (κ3) is 6.36. The smallest absolute Gasteiger partial charge is 0.253 e. The molecule has 2 rings (SSSR count). The molecule has 25 heavy (non-hydrogen) atoms. The van der Waals surface area contributed by atoms with Crippen LogP contribution in [0.1, 0.15) is 37.0 Å². The van der Waals surface area contributed by atoms with Crippen LogP contribution in [0.2, 0.25) is 0 Å². The maximum absolute atomic E-state index is 12.2. The van der Waals surface area contributed by atoms with E-state index in [1.807, 2.05) is 13.8 Å². The largest absolute Gasteiger partial charge is 0.349 e. The van der Waals surface area contributed by atoms with Gasteiger partial charge in [0, 0.05) is 6.04 Å². The number of halogens is 1. The molecular formula is C17H25ClN4O3. The highest BCUT2D eigenvalue weighted by molar-refractivity contribution is 6.04. The Kier molecular flexibility index (Phi) is 7.86. The molecule has 138 valence electrons. The van der Waals surface area contributed by atoms with Crippen LogP contribution in [0, 0.1) is 5.92 Å². The summed E-state index contributed by atoms with van der Waals surface area (Å²) in [6.45, 7) is 3.47. The van der Waals surface area contributed by atoms with Crippen molar-refractivity contribution in [3.63, 3.8) is 0 Å². The van der Waals surface area contributed by atoms with Gasteiger partial charge in [-0.25, -0.2) is 0 Å². The summed E-state index contributed by atoms with van der Waals surface area (Å²) in [5.41, 5.74) is 6.54. The van der Waals surface area contributed by atoms with Crippen LogP contribution >= 0.6 is 12.4 Å². The van der Waals surface area contributed by atoms with E-state index < -0.39 is 11.9 Å². The Morgan fingerprint density at radius 1 is 1.20 bits per heavy atom. The Morgan fingerprint density at radius 2 is 1.84 bits per heavy atom. The number of benzene rings is 1. The molecule has 0 aromatic heterocycles. The number of hydrogen-bond acceptors (Lipinski definition) is 4. The van der Waals surface area contributed by atoms with Gasteiger partial charge in [0.05, 0.1) is 23.8 Å². The predicted molar refractivity (Wildman–Crippen MR) is 98.6 cm³/mol. The normalized spacial score (nSPS) is 14.2. The van der Waals surface area contributed by atoms with Gasteiger partial charge in [-0.05, 0) is 30.9 Å². The standard InChI is InChI=1S/C17H24N4O3.ClH/c1-10(2)15(18)17(24)19-9-14(22)21-13-6-4-3-5-12(13)16(23)20-11-7-8-11;/h3-6,10-11,15H,7-9,18H2,1-2H3,(H,19,24)(H,20,23)(H,21,22);1H/t15-;/m0./s1. The van der Waals surface area contributed by atoms with Crippen LogP contribution in [0.25, 0.3) is 0 Å². The maximum atomic E-state index is 12.2. The number of amides is 3. The minimum Gasteiger partial charge on any atom is -0.349 e. The second-order valence-electron chi connectivity index (χ2n) is 6.33. The summed E-state index contributed by atoms with van der Waals surface area (Å²) in [5.74, 6) is -1.01. The van der Waals surface area contributed by atoms with Crippen LogP contribution in [-0.4, -0.2) is 36.3 Å². The van der Waals surface area contributed by atoms with E-state index in [4.69, 9.17) is 5.73 Å². The van der Waals surface area contributed by atoms with Crippen molar-refractivity contribution in [1.29, 1.82) is 0 Å². The molecule has 3 amide bonds. The summed E-state index contributed by atoms with van der Waals surface area (Å²) in [6, 6.07) is 6.35. The van der Waals surface area contributed by atoms with Gasteiger partial charge in [-0.1, -0.05) is 26.0 Å². The van der Waals surface area contributed by atoms with Crippen molar-refractivity contribution < 1.29 is 14.4 Å². The lowest BCUT2D eigenvalue weighted by Gasteiger charge is -2.15. The van der Waals surface area contributed by atoms with E-state index in [1.54, 1.807) is 24.3 Å². The molecule has 0 saturated heterocycles. The second kappa shape index (κ2) is 9.39. The van der Waals surface area contributed by atoms with Gasteiger partial charge >= 0.3 is 0 Å². The number of hydrogen-bond donors (Lipinski definition) is 4. The number of nitrogens with one attached hydrogen (secondary N) is 3. The molecular weight excluding hydrogens is 344 g/mol. The maximum Gasteiger partial charge on any atom is 0.253 e. The van der Waals surface area contributed by atoms with Gasteiger partial charge in [0.15, 0.2) is 0 Å². The zero-order valence-corrected chi connectivity index (χ0v) is 15.2. The zero-order valence-electron chi connectivity index (χ0n) is 14.4. The highest BCUT2D eigenvalue weighted by atomic mass is 35.5. The molecule has 0 unspecified atom stereocenters. The van der Waals surface area contributed by atoms with Crippen molar-refractivity contribution in [1.82, 2.24) is 10.6 Å². The van der Waals surface area contributed by atoms with Crippen molar-refractivity contribution in [3.8, 4) is 0 Å². The van der Waals surface area contributed by atoms with Crippen LogP contribution < -0.4 is 21.7 Å². The summed E-state index contributed by atoms with van der Waals surface area (Å²) < 4.78 is 0. The molecule has 0 spiro atoms. The summed E-state index contributed by atoms with van der Waals surface area (Å²) in [5, 5.41) is 8.04. The number of anilines is 1. The minimum absolute atomic E-state index is 0. The Hall–Kier alpha value is -2.12. The third-order valence-electron chi connectivity index (χ3n) is 3.80. The lowest BCUT2D eigenvalue weighted by Crippen LogP contribution is -2.46. The first-order valence-electron chi connectivity index (χ1n) is 8.11. The topological polar surface area (TPSA) is 113 Å². The predicted octanol–water partition coefficient (Wildman–Crippen LogP) is 1.04.